The van der Waals surface area contributed by atoms with Crippen molar-refractivity contribution in [1.29, 1.82) is 0 Å². The summed E-state index contributed by atoms with van der Waals surface area (Å²) in [7, 11) is 0. The lowest BCUT2D eigenvalue weighted by molar-refractivity contribution is -0.124. The van der Waals surface area contributed by atoms with Gasteiger partial charge in [-0.15, -0.1) is 0 Å². The first-order chi connectivity index (χ1) is 8.63. The number of amides is 2. The van der Waals surface area contributed by atoms with Gasteiger partial charge in [0, 0.05) is 43.5 Å². The largest absolute Gasteiger partial charge is 0.355 e. The normalized spacial score (nSPS) is 11.7. The Labute approximate surface area is 106 Å². The molecule has 4 N–H and O–H groups in total. The number of anilines is 1. The first-order valence-electron chi connectivity index (χ1n) is 5.81. The lowest BCUT2D eigenvalue weighted by atomic mass is 10.2. The van der Waals surface area contributed by atoms with Crippen molar-refractivity contribution in [3.63, 3.8) is 0 Å². The highest BCUT2D eigenvalue weighted by Crippen LogP contribution is 2.03. The summed E-state index contributed by atoms with van der Waals surface area (Å²) in [5.41, 5.74) is 6.05. The molecule has 18 heavy (non-hydrogen) atoms. The quantitative estimate of drug-likeness (QED) is 0.668. The van der Waals surface area contributed by atoms with E-state index in [1.54, 1.807) is 31.5 Å². The fraction of sp³-hybridized carbons (Fsp3) is 0.417. The van der Waals surface area contributed by atoms with Gasteiger partial charge < -0.3 is 16.4 Å². The zero-order valence-corrected chi connectivity index (χ0v) is 10.3. The molecule has 1 rings (SSSR count). The van der Waals surface area contributed by atoms with E-state index in [1.165, 1.54) is 0 Å². The Morgan fingerprint density at radius 2 is 2.06 bits per heavy atom. The monoisotopic (exact) mass is 250 g/mol. The second-order valence-electron chi connectivity index (χ2n) is 3.96. The highest BCUT2D eigenvalue weighted by atomic mass is 16.2. The van der Waals surface area contributed by atoms with Crippen LogP contribution in [0.15, 0.2) is 24.5 Å². The molecule has 98 valence electrons. The number of nitrogens with two attached hydrogens (primary N) is 1. The van der Waals surface area contributed by atoms with Gasteiger partial charge in [0.05, 0.1) is 0 Å². The summed E-state index contributed by atoms with van der Waals surface area (Å²) in [5.74, 6) is -0.510. The van der Waals surface area contributed by atoms with Gasteiger partial charge in [0.15, 0.2) is 0 Å². The van der Waals surface area contributed by atoms with Crippen LogP contribution in [0.3, 0.4) is 0 Å². The average Bonchev–Trinajstić information content (AvgIpc) is 2.38. The van der Waals surface area contributed by atoms with Crippen LogP contribution in [0.5, 0.6) is 0 Å². The van der Waals surface area contributed by atoms with Gasteiger partial charge in [0.1, 0.15) is 0 Å². The van der Waals surface area contributed by atoms with Crippen molar-refractivity contribution < 1.29 is 9.59 Å². The van der Waals surface area contributed by atoms with Crippen LogP contribution in [0.2, 0.25) is 0 Å². The van der Waals surface area contributed by atoms with Gasteiger partial charge in [-0.05, 0) is 12.1 Å². The van der Waals surface area contributed by atoms with Gasteiger partial charge in [0.2, 0.25) is 11.8 Å². The fourth-order valence-electron chi connectivity index (χ4n) is 1.24. The molecule has 0 saturated carbocycles. The van der Waals surface area contributed by atoms with Gasteiger partial charge in [-0.1, -0.05) is 6.92 Å². The average molecular weight is 250 g/mol. The number of hydrogen-bond acceptors (Lipinski definition) is 4. The molecule has 1 heterocycles. The Kier molecular flexibility index (Phi) is 5.79. The van der Waals surface area contributed by atoms with Crippen LogP contribution in [-0.2, 0) is 9.59 Å². The van der Waals surface area contributed by atoms with Crippen molar-refractivity contribution in [1.82, 2.24) is 10.3 Å². The summed E-state index contributed by atoms with van der Waals surface area (Å²) >= 11 is 0. The summed E-state index contributed by atoms with van der Waals surface area (Å²) < 4.78 is 0. The fourth-order valence-corrected chi connectivity index (χ4v) is 1.24. The zero-order valence-electron chi connectivity index (χ0n) is 10.3. The van der Waals surface area contributed by atoms with Crippen LogP contribution in [0, 0.1) is 5.92 Å². The summed E-state index contributed by atoms with van der Waals surface area (Å²) in [6, 6.07) is 3.40. The van der Waals surface area contributed by atoms with Crippen LogP contribution in [0.1, 0.15) is 13.3 Å². The minimum absolute atomic E-state index is 0.130. The summed E-state index contributed by atoms with van der Waals surface area (Å²) in [6.07, 6.45) is 3.42. The smallest absolute Gasteiger partial charge is 0.226 e. The molecule has 1 unspecified atom stereocenters. The summed E-state index contributed by atoms with van der Waals surface area (Å²) in [4.78, 5) is 26.8. The number of rotatable bonds is 6. The van der Waals surface area contributed by atoms with Crippen molar-refractivity contribution in [2.24, 2.45) is 11.7 Å². The van der Waals surface area contributed by atoms with E-state index in [2.05, 4.69) is 15.6 Å². The van der Waals surface area contributed by atoms with Gasteiger partial charge >= 0.3 is 0 Å². The van der Waals surface area contributed by atoms with Gasteiger partial charge in [-0.25, -0.2) is 0 Å². The van der Waals surface area contributed by atoms with Crippen LogP contribution in [-0.4, -0.2) is 29.9 Å². The van der Waals surface area contributed by atoms with E-state index in [9.17, 15) is 9.59 Å². The topological polar surface area (TPSA) is 97.1 Å². The molecule has 0 radical (unpaired) electrons. The lowest BCUT2D eigenvalue weighted by Gasteiger charge is -2.09. The molecule has 1 aromatic rings. The third kappa shape index (κ3) is 4.92. The van der Waals surface area contributed by atoms with Crippen molar-refractivity contribution in [2.45, 2.75) is 13.3 Å². The number of carbonyl (C=O) groups excluding carboxylic acids is 2. The second-order valence-corrected chi connectivity index (χ2v) is 3.96. The molecule has 0 bridgehead atoms. The predicted octanol–water partition coefficient (Wildman–Crippen LogP) is 0.121. The van der Waals surface area contributed by atoms with Crippen molar-refractivity contribution in [3.8, 4) is 0 Å². The van der Waals surface area contributed by atoms with E-state index >= 15 is 0 Å². The molecule has 1 aromatic heterocycles. The first kappa shape index (κ1) is 14.1. The Morgan fingerprint density at radius 3 is 2.67 bits per heavy atom. The summed E-state index contributed by atoms with van der Waals surface area (Å²) in [6.45, 7) is 2.35. The molecular weight excluding hydrogens is 232 g/mol. The van der Waals surface area contributed by atoms with Crippen LogP contribution in [0.4, 0.5) is 5.69 Å². The van der Waals surface area contributed by atoms with E-state index in [-0.39, 0.29) is 24.2 Å². The van der Waals surface area contributed by atoms with E-state index < -0.39 is 0 Å². The third-order valence-electron chi connectivity index (χ3n) is 2.42. The first-order valence-corrected chi connectivity index (χ1v) is 5.81. The minimum Gasteiger partial charge on any atom is -0.355 e. The van der Waals surface area contributed by atoms with E-state index in [0.717, 1.165) is 0 Å². The molecular formula is C12H18N4O2. The maximum Gasteiger partial charge on any atom is 0.226 e. The molecule has 0 aliphatic carbocycles. The number of pyridine rings is 1. The van der Waals surface area contributed by atoms with E-state index in [4.69, 9.17) is 5.73 Å². The predicted molar refractivity (Wildman–Crippen MR) is 68.7 cm³/mol. The number of nitrogens with zero attached hydrogens (tertiary/aromatic N) is 1. The van der Waals surface area contributed by atoms with Crippen LogP contribution >= 0.6 is 0 Å². The second kappa shape index (κ2) is 7.39. The van der Waals surface area contributed by atoms with Crippen molar-refractivity contribution in [3.05, 3.63) is 24.5 Å². The molecule has 1 atom stereocenters. The van der Waals surface area contributed by atoms with Crippen molar-refractivity contribution >= 4 is 17.5 Å². The highest BCUT2D eigenvalue weighted by Gasteiger charge is 2.10. The Hall–Kier alpha value is -1.95. The van der Waals surface area contributed by atoms with Gasteiger partial charge in [0.25, 0.3) is 0 Å². The van der Waals surface area contributed by atoms with Gasteiger partial charge in [-0.2, -0.15) is 0 Å². The number of hydrogen-bond donors (Lipinski definition) is 3. The van der Waals surface area contributed by atoms with E-state index in [0.29, 0.717) is 18.8 Å². The molecule has 0 aliphatic rings. The zero-order chi connectivity index (χ0) is 13.4. The van der Waals surface area contributed by atoms with Crippen molar-refractivity contribution in [2.75, 3.05) is 18.4 Å². The Bertz CT molecular complexity index is 394. The molecule has 0 spiro atoms. The Morgan fingerprint density at radius 1 is 1.39 bits per heavy atom. The molecule has 0 fully saturated rings. The van der Waals surface area contributed by atoms with E-state index in [1.807, 2.05) is 0 Å². The maximum absolute atomic E-state index is 11.5. The standard InChI is InChI=1S/C12H18N4O2/c1-9(8-13)12(18)15-7-4-11(17)16-10-2-5-14-6-3-10/h2-3,5-6,9H,4,7-8,13H2,1H3,(H,15,18)(H,14,16,17). The number of nitrogens with one attached hydrogen (secondary N) is 2. The number of carbonyl (C=O) groups is 2. The molecule has 0 aromatic carbocycles. The SMILES string of the molecule is CC(CN)C(=O)NCCC(=O)Nc1ccncc1. The minimum atomic E-state index is -0.228. The Balaban J connectivity index is 2.24. The van der Waals surface area contributed by atoms with Crippen LogP contribution < -0.4 is 16.4 Å². The molecule has 2 amide bonds. The maximum atomic E-state index is 11.5. The molecule has 6 nitrogen and oxygen atoms in total. The molecule has 0 saturated heterocycles. The molecule has 6 heteroatoms. The van der Waals surface area contributed by atoms with Gasteiger partial charge in [-0.3, -0.25) is 14.6 Å². The number of aromatic nitrogens is 1. The third-order valence-corrected chi connectivity index (χ3v) is 2.42. The van der Waals surface area contributed by atoms with Crippen LogP contribution in [0.25, 0.3) is 0 Å². The molecule has 0 aliphatic heterocycles. The highest BCUT2D eigenvalue weighted by molar-refractivity contribution is 5.91. The summed E-state index contributed by atoms with van der Waals surface area (Å²) in [5, 5.41) is 5.36. The lowest BCUT2D eigenvalue weighted by Crippen LogP contribution is -2.35.